The number of likely N-dealkylation sites (N-methyl/N-ethyl adjacent to an activating group) is 1. The second-order valence-corrected chi connectivity index (χ2v) is 4.90. The van der Waals surface area contributed by atoms with Crippen molar-refractivity contribution in [3.05, 3.63) is 22.4 Å². The molecule has 1 amide bonds. The minimum atomic E-state index is -0.293. The first-order valence-electron chi connectivity index (χ1n) is 5.34. The summed E-state index contributed by atoms with van der Waals surface area (Å²) < 4.78 is 0. The summed E-state index contributed by atoms with van der Waals surface area (Å²) >= 11 is 1.75. The summed E-state index contributed by atoms with van der Waals surface area (Å²) in [6.45, 7) is 1.36. The monoisotopic (exact) mass is 241 g/mol. The van der Waals surface area contributed by atoms with Gasteiger partial charge in [0, 0.05) is 30.4 Å². The molecule has 90 valence electrons. The molecule has 0 aliphatic carbocycles. The Bertz CT molecular complexity index is 313. The molecule has 16 heavy (non-hydrogen) atoms. The first-order valence-corrected chi connectivity index (χ1v) is 6.22. The third kappa shape index (κ3) is 4.30. The standard InChI is InChI=1S/C11H19N3OS/c1-14(9(8-12)7-11(13)15)5-4-10-3-2-6-16-10/h2-3,6,9H,4-5,7-8,12H2,1H3,(H2,13,15). The smallest absolute Gasteiger partial charge is 0.219 e. The maximum absolute atomic E-state index is 10.8. The van der Waals surface area contributed by atoms with Crippen molar-refractivity contribution in [3.8, 4) is 0 Å². The zero-order valence-electron chi connectivity index (χ0n) is 9.56. The van der Waals surface area contributed by atoms with Crippen LogP contribution in [0.1, 0.15) is 11.3 Å². The third-order valence-electron chi connectivity index (χ3n) is 2.62. The van der Waals surface area contributed by atoms with Crippen LogP contribution in [0.25, 0.3) is 0 Å². The second-order valence-electron chi connectivity index (χ2n) is 3.87. The van der Waals surface area contributed by atoms with Gasteiger partial charge in [0.15, 0.2) is 0 Å². The highest BCUT2D eigenvalue weighted by Gasteiger charge is 2.15. The molecule has 5 heteroatoms. The van der Waals surface area contributed by atoms with Gasteiger partial charge in [-0.25, -0.2) is 0 Å². The molecule has 4 nitrogen and oxygen atoms in total. The lowest BCUT2D eigenvalue weighted by Crippen LogP contribution is -2.41. The van der Waals surface area contributed by atoms with Crippen LogP contribution in [-0.2, 0) is 11.2 Å². The molecular formula is C11H19N3OS. The number of carbonyl (C=O) groups excluding carboxylic acids is 1. The van der Waals surface area contributed by atoms with Gasteiger partial charge in [-0.2, -0.15) is 0 Å². The zero-order chi connectivity index (χ0) is 12.0. The maximum atomic E-state index is 10.8. The van der Waals surface area contributed by atoms with E-state index in [9.17, 15) is 4.79 Å². The molecule has 1 aromatic heterocycles. The fraction of sp³-hybridized carbons (Fsp3) is 0.545. The van der Waals surface area contributed by atoms with Crippen LogP contribution in [0.15, 0.2) is 17.5 Å². The molecule has 1 unspecified atom stereocenters. The molecule has 0 aliphatic heterocycles. The highest BCUT2D eigenvalue weighted by atomic mass is 32.1. The van der Waals surface area contributed by atoms with Gasteiger partial charge >= 0.3 is 0 Å². The predicted octanol–water partition coefficient (Wildman–Crippen LogP) is 0.425. The van der Waals surface area contributed by atoms with Crippen molar-refractivity contribution in [1.29, 1.82) is 0 Å². The van der Waals surface area contributed by atoms with Gasteiger partial charge in [-0.1, -0.05) is 6.07 Å². The highest BCUT2D eigenvalue weighted by Crippen LogP contribution is 2.10. The lowest BCUT2D eigenvalue weighted by Gasteiger charge is -2.25. The van der Waals surface area contributed by atoms with E-state index in [2.05, 4.69) is 16.3 Å². The van der Waals surface area contributed by atoms with Gasteiger partial charge in [-0.3, -0.25) is 4.79 Å². The molecule has 4 N–H and O–H groups in total. The van der Waals surface area contributed by atoms with Gasteiger partial charge in [0.05, 0.1) is 0 Å². The van der Waals surface area contributed by atoms with E-state index in [1.807, 2.05) is 13.1 Å². The lowest BCUT2D eigenvalue weighted by atomic mass is 10.1. The van der Waals surface area contributed by atoms with Crippen molar-refractivity contribution in [1.82, 2.24) is 4.90 Å². The molecule has 0 aromatic carbocycles. The van der Waals surface area contributed by atoms with Crippen LogP contribution >= 0.6 is 11.3 Å². The van der Waals surface area contributed by atoms with Crippen LogP contribution in [0.4, 0.5) is 0 Å². The number of rotatable bonds is 7. The minimum absolute atomic E-state index is 0.0532. The Hall–Kier alpha value is -0.910. The van der Waals surface area contributed by atoms with Crippen LogP contribution in [0.3, 0.4) is 0 Å². The number of thiophene rings is 1. The maximum Gasteiger partial charge on any atom is 0.219 e. The Morgan fingerprint density at radius 2 is 2.38 bits per heavy atom. The summed E-state index contributed by atoms with van der Waals surface area (Å²) in [6, 6.07) is 4.21. The third-order valence-corrected chi connectivity index (χ3v) is 3.56. The molecule has 0 bridgehead atoms. The fourth-order valence-corrected chi connectivity index (χ4v) is 2.27. The molecule has 0 fully saturated rings. The Kier molecular flexibility index (Phi) is 5.45. The molecule has 0 radical (unpaired) electrons. The molecule has 1 aromatic rings. The number of hydrogen-bond donors (Lipinski definition) is 2. The molecule has 0 spiro atoms. The predicted molar refractivity (Wildman–Crippen MR) is 67.3 cm³/mol. The van der Waals surface area contributed by atoms with Crippen LogP contribution in [-0.4, -0.2) is 37.0 Å². The minimum Gasteiger partial charge on any atom is -0.370 e. The van der Waals surface area contributed by atoms with Gasteiger partial charge in [-0.05, 0) is 24.9 Å². The number of nitrogens with two attached hydrogens (primary N) is 2. The normalized spacial score (nSPS) is 12.9. The van der Waals surface area contributed by atoms with Crippen LogP contribution in [0.2, 0.25) is 0 Å². The van der Waals surface area contributed by atoms with E-state index < -0.39 is 0 Å². The summed E-state index contributed by atoms with van der Waals surface area (Å²) in [5, 5.41) is 2.07. The average molecular weight is 241 g/mol. The number of primary amides is 1. The van der Waals surface area contributed by atoms with Gasteiger partial charge in [0.1, 0.15) is 0 Å². The molecule has 1 heterocycles. The number of carbonyl (C=O) groups is 1. The number of amides is 1. The summed E-state index contributed by atoms with van der Waals surface area (Å²) in [5.41, 5.74) is 10.8. The van der Waals surface area contributed by atoms with E-state index >= 15 is 0 Å². The highest BCUT2D eigenvalue weighted by molar-refractivity contribution is 7.09. The summed E-state index contributed by atoms with van der Waals surface area (Å²) in [5.74, 6) is -0.293. The van der Waals surface area contributed by atoms with E-state index in [0.29, 0.717) is 13.0 Å². The largest absolute Gasteiger partial charge is 0.370 e. The van der Waals surface area contributed by atoms with Crippen LogP contribution in [0, 0.1) is 0 Å². The van der Waals surface area contributed by atoms with E-state index in [1.165, 1.54) is 4.88 Å². The number of nitrogens with zero attached hydrogens (tertiary/aromatic N) is 1. The van der Waals surface area contributed by atoms with Crippen molar-refractivity contribution >= 4 is 17.2 Å². The molecule has 0 saturated carbocycles. The molecular weight excluding hydrogens is 222 g/mol. The Morgan fingerprint density at radius 1 is 1.62 bits per heavy atom. The van der Waals surface area contributed by atoms with E-state index in [4.69, 9.17) is 11.5 Å². The van der Waals surface area contributed by atoms with Gasteiger partial charge in [0.2, 0.25) is 5.91 Å². The van der Waals surface area contributed by atoms with Crippen LogP contribution < -0.4 is 11.5 Å². The van der Waals surface area contributed by atoms with Crippen molar-refractivity contribution < 1.29 is 4.79 Å². The summed E-state index contributed by atoms with van der Waals surface area (Å²) in [7, 11) is 1.98. The first kappa shape index (κ1) is 13.2. The Morgan fingerprint density at radius 3 is 2.88 bits per heavy atom. The Labute approximate surface area is 100 Å². The van der Waals surface area contributed by atoms with E-state index in [0.717, 1.165) is 13.0 Å². The molecule has 0 aliphatic rings. The SMILES string of the molecule is CN(CCc1cccs1)C(CN)CC(N)=O. The van der Waals surface area contributed by atoms with Crippen molar-refractivity contribution in [2.75, 3.05) is 20.1 Å². The van der Waals surface area contributed by atoms with Gasteiger partial charge in [-0.15, -0.1) is 11.3 Å². The number of hydrogen-bond acceptors (Lipinski definition) is 4. The lowest BCUT2D eigenvalue weighted by molar-refractivity contribution is -0.119. The summed E-state index contributed by atoms with van der Waals surface area (Å²) in [4.78, 5) is 14.3. The van der Waals surface area contributed by atoms with Crippen LogP contribution in [0.5, 0.6) is 0 Å². The quantitative estimate of drug-likeness (QED) is 0.727. The summed E-state index contributed by atoms with van der Waals surface area (Å²) in [6.07, 6.45) is 1.32. The zero-order valence-corrected chi connectivity index (χ0v) is 10.4. The fourth-order valence-electron chi connectivity index (χ4n) is 1.58. The second kappa shape index (κ2) is 6.62. The topological polar surface area (TPSA) is 72.3 Å². The molecule has 1 atom stereocenters. The van der Waals surface area contributed by atoms with E-state index in [-0.39, 0.29) is 11.9 Å². The first-order chi connectivity index (χ1) is 7.63. The van der Waals surface area contributed by atoms with Crippen molar-refractivity contribution in [2.24, 2.45) is 11.5 Å². The van der Waals surface area contributed by atoms with Gasteiger partial charge in [0.25, 0.3) is 0 Å². The van der Waals surface area contributed by atoms with Crippen molar-refractivity contribution in [2.45, 2.75) is 18.9 Å². The van der Waals surface area contributed by atoms with Crippen molar-refractivity contribution in [3.63, 3.8) is 0 Å². The Balaban J connectivity index is 2.37. The average Bonchev–Trinajstić information content (AvgIpc) is 2.75. The van der Waals surface area contributed by atoms with Gasteiger partial charge < -0.3 is 16.4 Å². The molecule has 0 saturated heterocycles. The molecule has 1 rings (SSSR count). The van der Waals surface area contributed by atoms with E-state index in [1.54, 1.807) is 11.3 Å².